The van der Waals surface area contributed by atoms with Crippen molar-refractivity contribution in [1.82, 2.24) is 5.32 Å². The Balaban J connectivity index is 2.29. The van der Waals surface area contributed by atoms with Gasteiger partial charge in [-0.15, -0.1) is 0 Å². The predicted octanol–water partition coefficient (Wildman–Crippen LogP) is 1.52. The number of Topliss-reactive ketones (excluding diaryl/α,β-unsaturated/α-hetero) is 1. The molecule has 0 fully saturated rings. The van der Waals surface area contributed by atoms with E-state index in [-0.39, 0.29) is 30.1 Å². The molecule has 1 heterocycles. The van der Waals surface area contributed by atoms with Crippen molar-refractivity contribution in [1.29, 1.82) is 0 Å². The number of ether oxygens (including phenoxy) is 2. The molecule has 0 spiro atoms. The van der Waals surface area contributed by atoms with Crippen LogP contribution in [0.1, 0.15) is 16.8 Å². The third-order valence-corrected chi connectivity index (χ3v) is 2.68. The predicted molar refractivity (Wildman–Crippen MR) is 60.2 cm³/mol. The number of carbonyl (C=O) groups is 2. The van der Waals surface area contributed by atoms with Gasteiger partial charge < -0.3 is 14.8 Å². The van der Waals surface area contributed by atoms with Gasteiger partial charge >= 0.3 is 6.09 Å². The van der Waals surface area contributed by atoms with Gasteiger partial charge in [0, 0.05) is 6.42 Å². The molecule has 0 aromatic heterocycles. The maximum Gasteiger partial charge on any atom is 0.407 e. The molecule has 1 aromatic carbocycles. The number of para-hydroxylation sites is 1. The molecule has 6 heteroatoms. The van der Waals surface area contributed by atoms with Crippen LogP contribution in [0.5, 0.6) is 5.75 Å². The van der Waals surface area contributed by atoms with E-state index in [2.05, 4.69) is 10.1 Å². The van der Waals surface area contributed by atoms with Crippen LogP contribution >= 0.6 is 0 Å². The van der Waals surface area contributed by atoms with E-state index in [9.17, 15) is 14.0 Å². The van der Waals surface area contributed by atoms with Gasteiger partial charge in [0.25, 0.3) is 0 Å². The third-order valence-electron chi connectivity index (χ3n) is 2.68. The maximum absolute atomic E-state index is 13.5. The highest BCUT2D eigenvalue weighted by molar-refractivity contribution is 6.03. The summed E-state index contributed by atoms with van der Waals surface area (Å²) in [6.07, 6.45) is -0.435. The molecule has 0 bridgehead atoms. The van der Waals surface area contributed by atoms with E-state index in [1.54, 1.807) is 0 Å². The van der Waals surface area contributed by atoms with Crippen molar-refractivity contribution < 1.29 is 23.5 Å². The van der Waals surface area contributed by atoms with E-state index in [1.807, 2.05) is 0 Å². The van der Waals surface area contributed by atoms with E-state index in [1.165, 1.54) is 25.3 Å². The van der Waals surface area contributed by atoms with Crippen LogP contribution in [0.3, 0.4) is 0 Å². The van der Waals surface area contributed by atoms with Gasteiger partial charge in [0.1, 0.15) is 0 Å². The number of hydrogen-bond acceptors (Lipinski definition) is 4. The first kappa shape index (κ1) is 12.3. The molecule has 0 aliphatic carbocycles. The van der Waals surface area contributed by atoms with Crippen molar-refractivity contribution in [2.75, 3.05) is 13.7 Å². The summed E-state index contributed by atoms with van der Waals surface area (Å²) in [4.78, 5) is 23.2. The molecule has 1 aromatic rings. The molecular weight excluding hydrogens is 241 g/mol. The van der Waals surface area contributed by atoms with Crippen molar-refractivity contribution in [3.63, 3.8) is 0 Å². The average Bonchev–Trinajstić information content (AvgIpc) is 2.52. The molecule has 0 saturated heterocycles. The van der Waals surface area contributed by atoms with Crippen LogP contribution in [0, 0.1) is 5.82 Å². The molecule has 1 aliphatic heterocycles. The Bertz CT molecular complexity index is 489. The van der Waals surface area contributed by atoms with Gasteiger partial charge in [-0.3, -0.25) is 4.79 Å². The zero-order valence-electron chi connectivity index (χ0n) is 9.73. The lowest BCUT2D eigenvalue weighted by Gasteiger charge is -2.13. The second-order valence-corrected chi connectivity index (χ2v) is 3.81. The summed E-state index contributed by atoms with van der Waals surface area (Å²) < 4.78 is 23.1. The summed E-state index contributed by atoms with van der Waals surface area (Å²) in [6, 6.07) is 3.36. The van der Waals surface area contributed by atoms with Crippen LogP contribution in [-0.2, 0) is 4.74 Å². The number of rotatable bonds is 1. The zero-order valence-corrected chi connectivity index (χ0v) is 9.73. The van der Waals surface area contributed by atoms with Crippen LogP contribution in [0.15, 0.2) is 18.2 Å². The number of halogens is 1. The third kappa shape index (κ3) is 2.27. The molecule has 0 radical (unpaired) electrons. The minimum atomic E-state index is -0.763. The summed E-state index contributed by atoms with van der Waals surface area (Å²) in [5.41, 5.74) is 0.133. The molecule has 0 saturated carbocycles. The number of benzene rings is 1. The fourth-order valence-electron chi connectivity index (χ4n) is 1.79. The second kappa shape index (κ2) is 5.03. The van der Waals surface area contributed by atoms with Crippen LogP contribution in [-0.4, -0.2) is 31.6 Å². The molecule has 1 atom stereocenters. The lowest BCUT2D eigenvalue weighted by molar-refractivity contribution is 0.0928. The number of alkyl carbamates (subject to hydrolysis) is 1. The summed E-state index contributed by atoms with van der Waals surface area (Å²) in [5.74, 6) is -1.02. The monoisotopic (exact) mass is 253 g/mol. The molecule has 1 amide bonds. The normalized spacial score (nSPS) is 18.3. The van der Waals surface area contributed by atoms with E-state index in [0.29, 0.717) is 0 Å². The number of methoxy groups -OCH3 is 1. The van der Waals surface area contributed by atoms with Crippen molar-refractivity contribution in [2.45, 2.75) is 12.5 Å². The zero-order chi connectivity index (χ0) is 13.1. The standard InChI is InChI=1S/C12H12FNO4/c1-17-12(16)14-9-5-6-18-11-7(10(9)15)3-2-4-8(11)13/h2-4,9H,5-6H2,1H3,(H,14,16). The molecule has 2 rings (SSSR count). The quantitative estimate of drug-likeness (QED) is 0.824. The highest BCUT2D eigenvalue weighted by atomic mass is 19.1. The molecule has 5 nitrogen and oxygen atoms in total. The molecule has 1 aliphatic rings. The van der Waals surface area contributed by atoms with E-state index in [4.69, 9.17) is 4.74 Å². The maximum atomic E-state index is 13.5. The summed E-state index contributed by atoms with van der Waals surface area (Å²) in [7, 11) is 1.21. The molecule has 96 valence electrons. The van der Waals surface area contributed by atoms with Gasteiger partial charge in [-0.2, -0.15) is 0 Å². The first-order valence-corrected chi connectivity index (χ1v) is 5.43. The Kier molecular flexibility index (Phi) is 3.45. The van der Waals surface area contributed by atoms with Gasteiger partial charge in [0.2, 0.25) is 0 Å². The van der Waals surface area contributed by atoms with Crippen molar-refractivity contribution in [3.05, 3.63) is 29.6 Å². The summed E-state index contributed by atoms with van der Waals surface area (Å²) in [5, 5.41) is 2.41. The first-order valence-electron chi connectivity index (χ1n) is 5.43. The van der Waals surface area contributed by atoms with Crippen LogP contribution in [0.4, 0.5) is 9.18 Å². The lowest BCUT2D eigenvalue weighted by Crippen LogP contribution is -2.40. The lowest BCUT2D eigenvalue weighted by atomic mass is 10.0. The number of fused-ring (bicyclic) bond motifs is 1. The minimum absolute atomic E-state index is 0.0586. The highest BCUT2D eigenvalue weighted by Crippen LogP contribution is 2.27. The smallest absolute Gasteiger partial charge is 0.407 e. The Hall–Kier alpha value is -2.11. The van der Waals surface area contributed by atoms with Gasteiger partial charge in [-0.05, 0) is 12.1 Å². The van der Waals surface area contributed by atoms with Gasteiger partial charge in [0.05, 0.1) is 25.3 Å². The van der Waals surface area contributed by atoms with Gasteiger partial charge in [-0.25, -0.2) is 9.18 Å². The number of amides is 1. The summed E-state index contributed by atoms with van der Waals surface area (Å²) in [6.45, 7) is 0.147. The fraction of sp³-hybridized carbons (Fsp3) is 0.333. The van der Waals surface area contributed by atoms with Crippen molar-refractivity contribution >= 4 is 11.9 Å². The van der Waals surface area contributed by atoms with Crippen molar-refractivity contribution in [2.24, 2.45) is 0 Å². The largest absolute Gasteiger partial charge is 0.490 e. The molecule has 1 unspecified atom stereocenters. The minimum Gasteiger partial charge on any atom is -0.490 e. The molecule has 1 N–H and O–H groups in total. The Morgan fingerprint density at radius 2 is 2.33 bits per heavy atom. The average molecular weight is 253 g/mol. The number of carbonyl (C=O) groups excluding carboxylic acids is 2. The van der Waals surface area contributed by atoms with Gasteiger partial charge in [-0.1, -0.05) is 6.07 Å². The van der Waals surface area contributed by atoms with Gasteiger partial charge in [0.15, 0.2) is 17.3 Å². The first-order chi connectivity index (χ1) is 8.63. The van der Waals surface area contributed by atoms with Crippen LogP contribution in [0.25, 0.3) is 0 Å². The second-order valence-electron chi connectivity index (χ2n) is 3.81. The van der Waals surface area contributed by atoms with E-state index < -0.39 is 18.0 Å². The molecular formula is C12H12FNO4. The van der Waals surface area contributed by atoms with E-state index >= 15 is 0 Å². The van der Waals surface area contributed by atoms with Crippen molar-refractivity contribution in [3.8, 4) is 5.75 Å². The summed E-state index contributed by atoms with van der Waals surface area (Å²) >= 11 is 0. The number of hydrogen-bond donors (Lipinski definition) is 1. The SMILES string of the molecule is COC(=O)NC1CCOc2c(F)cccc2C1=O. The van der Waals surface area contributed by atoms with E-state index in [0.717, 1.165) is 0 Å². The topological polar surface area (TPSA) is 64.6 Å². The highest BCUT2D eigenvalue weighted by Gasteiger charge is 2.29. The Morgan fingerprint density at radius 1 is 1.56 bits per heavy atom. The number of ketones is 1. The molecule has 18 heavy (non-hydrogen) atoms. The Morgan fingerprint density at radius 3 is 3.06 bits per heavy atom. The van der Waals surface area contributed by atoms with Crippen LogP contribution < -0.4 is 10.1 Å². The number of nitrogens with one attached hydrogen (secondary N) is 1. The fourth-order valence-corrected chi connectivity index (χ4v) is 1.79. The Labute approximate surface area is 103 Å². The van der Waals surface area contributed by atoms with Crippen LogP contribution in [0.2, 0.25) is 0 Å².